The lowest BCUT2D eigenvalue weighted by Gasteiger charge is -2.41. The number of aliphatic hydroxyl groups is 4. The van der Waals surface area contributed by atoms with Gasteiger partial charge in [0.05, 0.1) is 141 Å². The lowest BCUT2D eigenvalue weighted by Crippen LogP contribution is -2.57. The first-order chi connectivity index (χ1) is 59.4. The third kappa shape index (κ3) is 27.3. The first-order valence-corrected chi connectivity index (χ1v) is 44.2. The van der Waals surface area contributed by atoms with Gasteiger partial charge in [-0.05, 0) is 148 Å². The number of hydrogen-bond acceptors (Lipinski definition) is 28. The first kappa shape index (κ1) is 95.6. The molecule has 2 bridgehead atoms. The van der Waals surface area contributed by atoms with E-state index < -0.39 is 83.9 Å². The number of rotatable bonds is 30. The number of nitrogens with two attached hydrogens (primary N) is 2. The minimum atomic E-state index is -2.31. The summed E-state index contributed by atoms with van der Waals surface area (Å²) >= 11 is 0. The fourth-order valence-corrected chi connectivity index (χ4v) is 17.7. The van der Waals surface area contributed by atoms with Gasteiger partial charge in [-0.15, -0.1) is 0 Å². The zero-order valence-electron chi connectivity index (χ0n) is 73.2. The van der Waals surface area contributed by atoms with Crippen molar-refractivity contribution >= 4 is 63.4 Å². The molecule has 15 atom stereocenters. The molecule has 5 aliphatic heterocycles. The highest BCUT2D eigenvalue weighted by Gasteiger charge is 2.49. The second-order valence-electron chi connectivity index (χ2n) is 34.1. The largest absolute Gasteiger partial charge is 0.443 e. The van der Waals surface area contributed by atoms with E-state index in [9.17, 15) is 44.4 Å². The second-order valence-corrected chi connectivity index (χ2v) is 34.1. The molecule has 8 N–H and O–H groups in total. The summed E-state index contributed by atoms with van der Waals surface area (Å²) in [7, 11) is 3.23. The van der Waals surface area contributed by atoms with E-state index in [-0.39, 0.29) is 74.3 Å². The molecule has 3 amide bonds. The Kier molecular flexibility index (Phi) is 36.9. The molecule has 4 fully saturated rings. The van der Waals surface area contributed by atoms with E-state index >= 15 is 0 Å². The number of carbonyl (C=O) groups is 5. The molecule has 0 spiro atoms. The van der Waals surface area contributed by atoms with Crippen LogP contribution < -0.4 is 11.5 Å². The summed E-state index contributed by atoms with van der Waals surface area (Å²) in [6.45, 7) is 21.2. The Bertz CT molecular complexity index is 4360. The zero-order chi connectivity index (χ0) is 87.5. The maximum absolute atomic E-state index is 14.4. The summed E-state index contributed by atoms with van der Waals surface area (Å²) in [5.41, 5.74) is 20.0. The van der Waals surface area contributed by atoms with Crippen molar-refractivity contribution in [3.05, 3.63) is 107 Å². The number of fused-ring (bicyclic) bond motifs is 6. The molecule has 0 radical (unpaired) electrons. The number of amides is 3. The Morgan fingerprint density at radius 3 is 2.14 bits per heavy atom. The molecule has 3 saturated heterocycles. The highest BCUT2D eigenvalue weighted by Crippen LogP contribution is 2.39. The normalized spacial score (nSPS) is 28.5. The van der Waals surface area contributed by atoms with Crippen LogP contribution in [0.2, 0.25) is 0 Å². The Balaban J connectivity index is 0.530. The van der Waals surface area contributed by atoms with Crippen LogP contribution in [0.15, 0.2) is 94.7 Å². The summed E-state index contributed by atoms with van der Waals surface area (Å²) in [4.78, 5) is 89.7. The van der Waals surface area contributed by atoms with Gasteiger partial charge in [-0.3, -0.25) is 24.1 Å². The van der Waals surface area contributed by atoms with Crippen LogP contribution in [0.4, 0.5) is 16.6 Å². The number of ether oxygens (including phenoxy) is 11. The molecule has 6 aliphatic rings. The van der Waals surface area contributed by atoms with Gasteiger partial charge in [0.25, 0.3) is 17.7 Å². The first-order valence-electron chi connectivity index (χ1n) is 44.2. The van der Waals surface area contributed by atoms with Crippen LogP contribution >= 0.6 is 0 Å². The van der Waals surface area contributed by atoms with Gasteiger partial charge in [0.1, 0.15) is 41.7 Å². The fraction of sp³-hybridized carbons (Fsp3) is 0.659. The van der Waals surface area contributed by atoms with Gasteiger partial charge in [0, 0.05) is 103 Å². The number of methoxy groups -OCH3 is 2. The molecule has 0 unspecified atom stereocenters. The maximum Gasteiger partial charge on any atom is 0.410 e. The SMILES string of the molecule is CO[C@H]1C[C@@H]2CCC[C@@](O)(O2)C(=O)C(=O)N2CCCC[C@H]2CO[C@H]([C@H](C)C[C@@H]2CC[C@@H](OC(=O)N3CCN(CCOCCOCCOCCOCCOCCOCCC(=O)N4CCc5cc(Cn6nc(-c7ccc8oc(N)nc8c7)c7c(N)ncnc76)ccc5C4)CC3)[C@H](OC)C2)C[C@@H](O)[C@H](C)/C=C(\C)[C@@H](O)[C@@H](O)C(=O)[C@H](C)C[C@H](C)/C=C/C=C/C=C/1C. The maximum atomic E-state index is 14.4. The Hall–Kier alpha value is -8.03. The average molecular weight is 1720 g/mol. The van der Waals surface area contributed by atoms with Gasteiger partial charge in [0.2, 0.25) is 11.7 Å². The van der Waals surface area contributed by atoms with Crippen molar-refractivity contribution < 1.29 is 101 Å². The number of nitrogens with zero attached hydrogens (tertiary/aromatic N) is 9. The van der Waals surface area contributed by atoms with Crippen molar-refractivity contribution in [3.63, 3.8) is 0 Å². The minimum absolute atomic E-state index is 0.0220. The van der Waals surface area contributed by atoms with Crippen LogP contribution in [0, 0.1) is 29.6 Å². The molecule has 1 saturated carbocycles. The number of oxazole rings is 1. The molecule has 5 aromatic rings. The van der Waals surface area contributed by atoms with E-state index in [1.165, 1.54) is 16.8 Å². The topological polar surface area (TPSA) is 402 Å². The van der Waals surface area contributed by atoms with Crippen molar-refractivity contribution in [1.82, 2.24) is 44.3 Å². The molecule has 32 heteroatoms. The lowest BCUT2D eigenvalue weighted by atomic mass is 9.78. The van der Waals surface area contributed by atoms with E-state index in [0.717, 1.165) is 41.5 Å². The van der Waals surface area contributed by atoms with Crippen LogP contribution in [0.5, 0.6) is 0 Å². The van der Waals surface area contributed by atoms with Crippen molar-refractivity contribution in [1.29, 1.82) is 0 Å². The number of Topliss-reactive ketones (excluding diaryl/α,β-unsaturated/α-hetero) is 2. The van der Waals surface area contributed by atoms with Crippen LogP contribution in [0.3, 0.4) is 0 Å². The van der Waals surface area contributed by atoms with Crippen LogP contribution in [-0.4, -0.2) is 301 Å². The summed E-state index contributed by atoms with van der Waals surface area (Å²) < 4.78 is 72.8. The second kappa shape index (κ2) is 47.5. The molecule has 3 aromatic heterocycles. The minimum Gasteiger partial charge on any atom is -0.443 e. The smallest absolute Gasteiger partial charge is 0.410 e. The number of aromatic nitrogens is 5. The van der Waals surface area contributed by atoms with Gasteiger partial charge >= 0.3 is 6.09 Å². The predicted octanol–water partition coefficient (Wildman–Crippen LogP) is 8.54. The van der Waals surface area contributed by atoms with Crippen molar-refractivity contribution in [2.75, 3.05) is 157 Å². The predicted molar refractivity (Wildman–Crippen MR) is 460 cm³/mol. The summed E-state index contributed by atoms with van der Waals surface area (Å²) in [5.74, 6) is -5.40. The van der Waals surface area contributed by atoms with Crippen molar-refractivity contribution in [3.8, 4) is 11.3 Å². The Morgan fingerprint density at radius 2 is 1.42 bits per heavy atom. The van der Waals surface area contributed by atoms with Crippen molar-refractivity contribution in [2.24, 2.45) is 29.6 Å². The van der Waals surface area contributed by atoms with Crippen molar-refractivity contribution in [2.45, 2.75) is 212 Å². The number of benzene rings is 2. The van der Waals surface area contributed by atoms with Gasteiger partial charge < -0.3 is 103 Å². The van der Waals surface area contributed by atoms with Crippen LogP contribution in [0.25, 0.3) is 33.4 Å². The number of allylic oxidation sites excluding steroid dienone is 5. The summed E-state index contributed by atoms with van der Waals surface area (Å²) in [6, 6.07) is 11.4. The number of ketones is 2. The highest BCUT2D eigenvalue weighted by molar-refractivity contribution is 6.38. The molecule has 678 valence electrons. The van der Waals surface area contributed by atoms with Crippen LogP contribution in [-0.2, 0) is 90.8 Å². The molecule has 2 aromatic carbocycles. The van der Waals surface area contributed by atoms with E-state index in [4.69, 9.17) is 73.1 Å². The Morgan fingerprint density at radius 1 is 0.707 bits per heavy atom. The average Bonchev–Trinajstić information content (AvgIpc) is 1.63. The number of hydrogen-bond donors (Lipinski definition) is 6. The number of piperidine rings is 1. The van der Waals surface area contributed by atoms with E-state index in [0.29, 0.717) is 229 Å². The number of piperazine rings is 1. The van der Waals surface area contributed by atoms with Crippen LogP contribution in [0.1, 0.15) is 148 Å². The molecule has 8 heterocycles. The lowest BCUT2D eigenvalue weighted by molar-refractivity contribution is -0.245. The van der Waals surface area contributed by atoms with E-state index in [1.54, 1.807) is 45.1 Å². The summed E-state index contributed by atoms with van der Waals surface area (Å²) in [6.07, 6.45) is 13.3. The zero-order valence-corrected chi connectivity index (χ0v) is 73.2. The third-order valence-corrected chi connectivity index (χ3v) is 24.9. The van der Waals surface area contributed by atoms with Gasteiger partial charge in [-0.1, -0.05) is 82.4 Å². The summed E-state index contributed by atoms with van der Waals surface area (Å²) in [5, 5.41) is 52.2. The molecule has 1 aliphatic carbocycles. The Labute approximate surface area is 722 Å². The fourth-order valence-electron chi connectivity index (χ4n) is 17.7. The number of anilines is 2. The molecule has 123 heavy (non-hydrogen) atoms. The van der Waals surface area contributed by atoms with E-state index in [1.807, 2.05) is 72.9 Å². The molecular formula is C91H133N11O21. The van der Waals surface area contributed by atoms with Gasteiger partial charge in [-0.2, -0.15) is 10.1 Å². The highest BCUT2D eigenvalue weighted by atomic mass is 16.6. The van der Waals surface area contributed by atoms with Gasteiger partial charge in [0.15, 0.2) is 17.0 Å². The molecular weight excluding hydrogens is 1580 g/mol. The quantitative estimate of drug-likeness (QED) is 0.0142. The number of carbonyl (C=O) groups excluding carboxylic acids is 5. The van der Waals surface area contributed by atoms with E-state index in [2.05, 4.69) is 45.0 Å². The standard InChI is InChI=1S/C91H133N11O21/c1-59-15-10-9-11-16-60(2)76(112-7)53-71-18-14-27-91(111,123-71)85(108)88(109)101-28-13-12-17-70(101)57-120-77(54-73(103)61(3)48-64(6)83(106)84(107)82(105)63(5)47-59)62(4)49-65-20-23-75(78(51-65)113-8)122-90(110)99-32-30-98(31-33-99)34-36-115-38-40-117-42-44-119-46-45-118-43-41-116-39-37-114-35-26-79(104)100-29-25-67-50-66(19-21-69(67)56-100)55-102-87-80(86(92)94-58-95-87)81(97-102)68-22-24-74-72(52-68)96-89(93)121-74/h9-11,15-16,19,21-22,24,48,50,52,58-59,61-63,65,70-71,73,75-78,83-84,103,106-107,111H,12-14,17-18,20,23,25-47,49,51,53-57H2,1-8H3,(H2,93,96)(H2,92,94,95)/b11-9+,15-10+,60-16+,64-48+/t59-,61-,62-,63-,65+,70+,71+,73-,75-,76+,77+,78-,83-,84+,91-/m1/s1. The molecule has 32 nitrogen and oxygen atoms in total. The monoisotopic (exact) mass is 1720 g/mol. The number of aliphatic hydroxyl groups excluding tert-OH is 3. The number of nitrogen functional groups attached to an aromatic ring is 2. The van der Waals surface area contributed by atoms with Gasteiger partial charge in [-0.25, -0.2) is 19.4 Å². The third-order valence-electron chi connectivity index (χ3n) is 24.9. The molecule has 11 rings (SSSR count).